The standard InChI is InChI=1S/C24H22ClN3O3/c1-30-18-5-6-21-19(12-18)20(14-26-21)15-7-9-28(10-8-15)24(29)22-13-23(31-27-22)16-3-2-4-17(25)11-16/h2-6,11-15,26H,7-10H2,1H3. The zero-order valence-corrected chi connectivity index (χ0v) is 17.9. The summed E-state index contributed by atoms with van der Waals surface area (Å²) in [5.74, 6) is 1.68. The lowest BCUT2D eigenvalue weighted by Crippen LogP contribution is -2.38. The average molecular weight is 436 g/mol. The molecule has 0 spiro atoms. The van der Waals surface area contributed by atoms with Gasteiger partial charge in [0.25, 0.3) is 5.91 Å². The summed E-state index contributed by atoms with van der Waals surface area (Å²) in [6.07, 6.45) is 3.88. The number of hydrogen-bond donors (Lipinski definition) is 1. The zero-order chi connectivity index (χ0) is 21.4. The molecule has 7 heteroatoms. The topological polar surface area (TPSA) is 71.4 Å². The largest absolute Gasteiger partial charge is 0.497 e. The highest BCUT2D eigenvalue weighted by Gasteiger charge is 2.28. The third-order valence-corrected chi connectivity index (χ3v) is 6.22. The van der Waals surface area contributed by atoms with Gasteiger partial charge in [-0.2, -0.15) is 0 Å². The number of rotatable bonds is 4. The number of nitrogens with zero attached hydrogens (tertiary/aromatic N) is 2. The van der Waals surface area contributed by atoms with Gasteiger partial charge in [-0.15, -0.1) is 0 Å². The van der Waals surface area contributed by atoms with Crippen LogP contribution in [0.25, 0.3) is 22.2 Å². The van der Waals surface area contributed by atoms with E-state index in [-0.39, 0.29) is 5.91 Å². The van der Waals surface area contributed by atoms with Gasteiger partial charge in [-0.25, -0.2) is 0 Å². The van der Waals surface area contributed by atoms with Gasteiger partial charge < -0.3 is 19.1 Å². The molecule has 6 nitrogen and oxygen atoms in total. The maximum atomic E-state index is 13.0. The lowest BCUT2D eigenvalue weighted by Gasteiger charge is -2.31. The number of hydrogen-bond acceptors (Lipinski definition) is 4. The van der Waals surface area contributed by atoms with E-state index < -0.39 is 0 Å². The number of ether oxygens (including phenoxy) is 1. The predicted octanol–water partition coefficient (Wildman–Crippen LogP) is 5.50. The molecule has 0 bridgehead atoms. The molecule has 1 N–H and O–H groups in total. The minimum absolute atomic E-state index is 0.101. The molecule has 0 unspecified atom stereocenters. The third kappa shape index (κ3) is 3.79. The van der Waals surface area contributed by atoms with Crippen molar-refractivity contribution in [1.29, 1.82) is 0 Å². The van der Waals surface area contributed by atoms with Crippen LogP contribution in [0, 0.1) is 0 Å². The van der Waals surface area contributed by atoms with Crippen molar-refractivity contribution >= 4 is 28.4 Å². The zero-order valence-electron chi connectivity index (χ0n) is 17.1. The molecule has 0 aliphatic carbocycles. The first-order valence-electron chi connectivity index (χ1n) is 10.3. The fourth-order valence-corrected chi connectivity index (χ4v) is 4.49. The smallest absolute Gasteiger partial charge is 0.276 e. The van der Waals surface area contributed by atoms with Crippen LogP contribution in [-0.4, -0.2) is 41.1 Å². The van der Waals surface area contributed by atoms with Crippen LogP contribution < -0.4 is 4.74 Å². The number of aromatic amines is 1. The second-order valence-corrected chi connectivity index (χ2v) is 8.25. The van der Waals surface area contributed by atoms with Gasteiger partial charge in [-0.3, -0.25) is 4.79 Å². The normalized spacial score (nSPS) is 14.8. The lowest BCUT2D eigenvalue weighted by atomic mass is 9.89. The maximum Gasteiger partial charge on any atom is 0.276 e. The van der Waals surface area contributed by atoms with Gasteiger partial charge in [0, 0.05) is 46.8 Å². The Labute approximate surface area is 184 Å². The van der Waals surface area contributed by atoms with Crippen LogP contribution in [0.2, 0.25) is 5.02 Å². The number of likely N-dealkylation sites (tertiary alicyclic amines) is 1. The van der Waals surface area contributed by atoms with Crippen molar-refractivity contribution in [1.82, 2.24) is 15.0 Å². The molecule has 1 aliphatic rings. The van der Waals surface area contributed by atoms with Crippen molar-refractivity contribution < 1.29 is 14.1 Å². The predicted molar refractivity (Wildman–Crippen MR) is 120 cm³/mol. The molecular weight excluding hydrogens is 414 g/mol. The molecular formula is C24H22ClN3O3. The summed E-state index contributed by atoms with van der Waals surface area (Å²) in [6, 6.07) is 15.1. The van der Waals surface area contributed by atoms with Crippen molar-refractivity contribution in [2.24, 2.45) is 0 Å². The van der Waals surface area contributed by atoms with Crippen LogP contribution in [0.4, 0.5) is 0 Å². The number of H-pyrrole nitrogens is 1. The minimum Gasteiger partial charge on any atom is -0.497 e. The Morgan fingerprint density at radius 1 is 1.19 bits per heavy atom. The average Bonchev–Trinajstić information content (AvgIpc) is 3.46. The number of amides is 1. The summed E-state index contributed by atoms with van der Waals surface area (Å²) in [4.78, 5) is 18.2. The van der Waals surface area contributed by atoms with Crippen LogP contribution in [-0.2, 0) is 0 Å². The van der Waals surface area contributed by atoms with Crippen molar-refractivity contribution in [3.63, 3.8) is 0 Å². The van der Waals surface area contributed by atoms with Crippen molar-refractivity contribution in [2.45, 2.75) is 18.8 Å². The molecule has 4 aromatic rings. The fourth-order valence-electron chi connectivity index (χ4n) is 4.30. The number of halogens is 1. The monoisotopic (exact) mass is 435 g/mol. The van der Waals surface area contributed by atoms with E-state index in [1.54, 1.807) is 25.3 Å². The summed E-state index contributed by atoms with van der Waals surface area (Å²) in [7, 11) is 1.68. The van der Waals surface area contributed by atoms with Gasteiger partial charge in [-0.1, -0.05) is 28.9 Å². The second-order valence-electron chi connectivity index (χ2n) is 7.81. The van der Waals surface area contributed by atoms with Gasteiger partial charge in [0.1, 0.15) is 5.75 Å². The van der Waals surface area contributed by atoms with E-state index in [4.69, 9.17) is 20.9 Å². The van der Waals surface area contributed by atoms with Crippen LogP contribution in [0.15, 0.2) is 59.3 Å². The highest BCUT2D eigenvalue weighted by molar-refractivity contribution is 6.30. The SMILES string of the molecule is COc1ccc2[nH]cc(C3CCN(C(=O)c4cc(-c5cccc(Cl)c5)on4)CC3)c2c1. The molecule has 1 aliphatic heterocycles. The first-order chi connectivity index (χ1) is 15.1. The van der Waals surface area contributed by atoms with E-state index in [0.29, 0.717) is 35.5 Å². The summed E-state index contributed by atoms with van der Waals surface area (Å²) in [6.45, 7) is 1.36. The molecule has 31 heavy (non-hydrogen) atoms. The number of nitrogens with one attached hydrogen (secondary N) is 1. The van der Waals surface area contributed by atoms with Gasteiger partial charge in [0.15, 0.2) is 11.5 Å². The van der Waals surface area contributed by atoms with E-state index >= 15 is 0 Å². The third-order valence-electron chi connectivity index (χ3n) is 5.98. The Balaban J connectivity index is 1.28. The highest BCUT2D eigenvalue weighted by Crippen LogP contribution is 2.35. The molecule has 1 saturated heterocycles. The second kappa shape index (κ2) is 8.12. The highest BCUT2D eigenvalue weighted by atomic mass is 35.5. The summed E-state index contributed by atoms with van der Waals surface area (Å²) in [5, 5.41) is 5.79. The van der Waals surface area contributed by atoms with Gasteiger partial charge in [0.2, 0.25) is 0 Å². The molecule has 158 valence electrons. The molecule has 0 saturated carbocycles. The Hall–Kier alpha value is -3.25. The molecule has 0 radical (unpaired) electrons. The molecule has 0 atom stereocenters. The number of fused-ring (bicyclic) bond motifs is 1. The van der Waals surface area contributed by atoms with E-state index in [2.05, 4.69) is 22.4 Å². The number of methoxy groups -OCH3 is 1. The minimum atomic E-state index is -0.101. The van der Waals surface area contributed by atoms with Crippen LogP contribution in [0.5, 0.6) is 5.75 Å². The summed E-state index contributed by atoms with van der Waals surface area (Å²) < 4.78 is 10.8. The first-order valence-corrected chi connectivity index (χ1v) is 10.7. The molecule has 1 fully saturated rings. The fraction of sp³-hybridized carbons (Fsp3) is 0.250. The van der Waals surface area contributed by atoms with Gasteiger partial charge in [-0.05, 0) is 54.7 Å². The number of carbonyl (C=O) groups is 1. The first kappa shape index (κ1) is 19.7. The summed E-state index contributed by atoms with van der Waals surface area (Å²) in [5.41, 5.74) is 3.51. The number of carbonyl (C=O) groups excluding carboxylic acids is 1. The summed E-state index contributed by atoms with van der Waals surface area (Å²) >= 11 is 6.05. The van der Waals surface area contributed by atoms with Crippen LogP contribution >= 0.6 is 11.6 Å². The van der Waals surface area contributed by atoms with Crippen molar-refractivity contribution in [3.05, 3.63) is 71.0 Å². The van der Waals surface area contributed by atoms with Crippen molar-refractivity contribution in [3.8, 4) is 17.1 Å². The number of piperidine rings is 1. The molecule has 1 amide bonds. The van der Waals surface area contributed by atoms with Gasteiger partial charge in [0.05, 0.1) is 7.11 Å². The molecule has 2 aromatic heterocycles. The Morgan fingerprint density at radius 3 is 2.81 bits per heavy atom. The van der Waals surface area contributed by atoms with Crippen LogP contribution in [0.3, 0.4) is 0 Å². The molecule has 2 aromatic carbocycles. The molecule has 5 rings (SSSR count). The Kier molecular flexibility index (Phi) is 5.16. The maximum absolute atomic E-state index is 13.0. The van der Waals surface area contributed by atoms with Crippen molar-refractivity contribution in [2.75, 3.05) is 20.2 Å². The van der Waals surface area contributed by atoms with E-state index in [0.717, 1.165) is 29.7 Å². The van der Waals surface area contributed by atoms with Crippen LogP contribution in [0.1, 0.15) is 34.8 Å². The van der Waals surface area contributed by atoms with E-state index in [1.807, 2.05) is 29.2 Å². The number of benzene rings is 2. The quantitative estimate of drug-likeness (QED) is 0.459. The van der Waals surface area contributed by atoms with E-state index in [9.17, 15) is 4.79 Å². The Bertz CT molecular complexity index is 1240. The van der Waals surface area contributed by atoms with Gasteiger partial charge >= 0.3 is 0 Å². The Morgan fingerprint density at radius 2 is 2.03 bits per heavy atom. The lowest BCUT2D eigenvalue weighted by molar-refractivity contribution is 0.0703. The van der Waals surface area contributed by atoms with E-state index in [1.165, 1.54) is 10.9 Å². The number of aromatic nitrogens is 2. The molecule has 3 heterocycles.